The summed E-state index contributed by atoms with van der Waals surface area (Å²) in [6.07, 6.45) is 4.05. The molecule has 0 bridgehead atoms. The number of carbonyl (C=O) groups is 2. The molecule has 0 unspecified atom stereocenters. The number of nitrogens with zero attached hydrogens (tertiary/aromatic N) is 2. The second-order valence-electron chi connectivity index (χ2n) is 4.07. The van der Waals surface area contributed by atoms with E-state index in [0.717, 1.165) is 5.56 Å². The Bertz CT molecular complexity index is 614. The van der Waals surface area contributed by atoms with E-state index in [-0.39, 0.29) is 17.3 Å². The van der Waals surface area contributed by atoms with Gasteiger partial charge in [0.05, 0.1) is 0 Å². The first kappa shape index (κ1) is 13.7. The van der Waals surface area contributed by atoms with Crippen molar-refractivity contribution in [3.05, 3.63) is 59.7 Å². The average molecular weight is 271 g/mol. The van der Waals surface area contributed by atoms with Gasteiger partial charge in [-0.25, -0.2) is 9.78 Å². The van der Waals surface area contributed by atoms with Gasteiger partial charge in [-0.3, -0.25) is 9.78 Å². The molecule has 0 atom stereocenters. The van der Waals surface area contributed by atoms with Gasteiger partial charge < -0.3 is 10.4 Å². The lowest BCUT2D eigenvalue weighted by Crippen LogP contribution is -2.27. The number of carboxylic acid groups (broad SMARTS) is 1. The molecule has 2 N–H and O–H groups in total. The zero-order chi connectivity index (χ0) is 14.4. The van der Waals surface area contributed by atoms with E-state index in [0.29, 0.717) is 13.0 Å². The van der Waals surface area contributed by atoms with Gasteiger partial charge in [0.2, 0.25) is 0 Å². The van der Waals surface area contributed by atoms with Crippen molar-refractivity contribution in [2.75, 3.05) is 6.54 Å². The highest BCUT2D eigenvalue weighted by atomic mass is 16.4. The highest BCUT2D eigenvalue weighted by Gasteiger charge is 2.10. The lowest BCUT2D eigenvalue weighted by molar-refractivity contribution is 0.0690. The number of aromatic carboxylic acids is 1. The molecule has 1 amide bonds. The molecule has 0 aromatic carbocycles. The normalized spacial score (nSPS) is 10.0. The van der Waals surface area contributed by atoms with Crippen LogP contribution in [0.4, 0.5) is 0 Å². The highest BCUT2D eigenvalue weighted by Crippen LogP contribution is 2.00. The number of nitrogens with one attached hydrogen (secondary N) is 1. The first-order chi connectivity index (χ1) is 9.66. The van der Waals surface area contributed by atoms with Gasteiger partial charge in [0.25, 0.3) is 5.91 Å². The number of hydrogen-bond donors (Lipinski definition) is 2. The Balaban J connectivity index is 1.92. The van der Waals surface area contributed by atoms with Crippen molar-refractivity contribution in [1.29, 1.82) is 0 Å². The Morgan fingerprint density at radius 3 is 2.50 bits per heavy atom. The van der Waals surface area contributed by atoms with E-state index in [9.17, 15) is 9.59 Å². The van der Waals surface area contributed by atoms with Crippen LogP contribution in [0.5, 0.6) is 0 Å². The van der Waals surface area contributed by atoms with E-state index >= 15 is 0 Å². The number of amides is 1. The summed E-state index contributed by atoms with van der Waals surface area (Å²) in [5.41, 5.74) is 1.01. The fourth-order valence-corrected chi connectivity index (χ4v) is 1.64. The van der Waals surface area contributed by atoms with Gasteiger partial charge in [-0.15, -0.1) is 0 Å². The standard InChI is InChI=1S/C14H13N3O3/c18-13(11-2-1-3-12(17-11)14(19)20)16-9-6-10-4-7-15-8-5-10/h1-5,7-8H,6,9H2,(H,16,18)(H,19,20). The van der Waals surface area contributed by atoms with Gasteiger partial charge in [-0.1, -0.05) is 6.07 Å². The average Bonchev–Trinajstić information content (AvgIpc) is 2.48. The molecule has 20 heavy (non-hydrogen) atoms. The van der Waals surface area contributed by atoms with Gasteiger partial charge in [-0.2, -0.15) is 0 Å². The predicted octanol–water partition coefficient (Wildman–Crippen LogP) is 1.15. The van der Waals surface area contributed by atoms with Crippen LogP contribution in [0, 0.1) is 0 Å². The molecule has 6 heteroatoms. The molecule has 2 aromatic rings. The molecule has 0 aliphatic carbocycles. The van der Waals surface area contributed by atoms with Crippen LogP contribution < -0.4 is 5.32 Å². The van der Waals surface area contributed by atoms with E-state index in [1.165, 1.54) is 18.2 Å². The molecule has 0 aliphatic heterocycles. The summed E-state index contributed by atoms with van der Waals surface area (Å²) in [5, 5.41) is 11.5. The third-order valence-electron chi connectivity index (χ3n) is 2.65. The van der Waals surface area contributed by atoms with Crippen LogP contribution in [0.15, 0.2) is 42.7 Å². The summed E-state index contributed by atoms with van der Waals surface area (Å²) in [5.74, 6) is -1.54. The molecular formula is C14H13N3O3. The number of hydrogen-bond acceptors (Lipinski definition) is 4. The van der Waals surface area contributed by atoms with Crippen molar-refractivity contribution in [2.45, 2.75) is 6.42 Å². The van der Waals surface area contributed by atoms with Crippen molar-refractivity contribution in [3.63, 3.8) is 0 Å². The van der Waals surface area contributed by atoms with Crippen molar-refractivity contribution in [2.24, 2.45) is 0 Å². The Labute approximate surface area is 115 Å². The lowest BCUT2D eigenvalue weighted by atomic mass is 10.2. The molecule has 2 heterocycles. The molecular weight excluding hydrogens is 258 g/mol. The number of rotatable bonds is 5. The summed E-state index contributed by atoms with van der Waals surface area (Å²) in [6.45, 7) is 0.446. The van der Waals surface area contributed by atoms with E-state index < -0.39 is 5.97 Å². The Morgan fingerprint density at radius 2 is 1.80 bits per heavy atom. The van der Waals surface area contributed by atoms with Gasteiger partial charge in [0.1, 0.15) is 11.4 Å². The van der Waals surface area contributed by atoms with Gasteiger partial charge >= 0.3 is 5.97 Å². The van der Waals surface area contributed by atoms with Gasteiger partial charge in [0, 0.05) is 18.9 Å². The van der Waals surface area contributed by atoms with Gasteiger partial charge in [-0.05, 0) is 36.2 Å². The molecule has 0 spiro atoms. The van der Waals surface area contributed by atoms with Crippen molar-refractivity contribution in [3.8, 4) is 0 Å². The minimum Gasteiger partial charge on any atom is -0.477 e. The van der Waals surface area contributed by atoms with Crippen LogP contribution in [-0.4, -0.2) is 33.5 Å². The fourth-order valence-electron chi connectivity index (χ4n) is 1.64. The van der Waals surface area contributed by atoms with Crippen LogP contribution in [0.3, 0.4) is 0 Å². The summed E-state index contributed by atoms with van der Waals surface area (Å²) >= 11 is 0. The second kappa shape index (κ2) is 6.42. The molecule has 0 radical (unpaired) electrons. The molecule has 2 aromatic heterocycles. The third kappa shape index (κ3) is 3.61. The van der Waals surface area contributed by atoms with Crippen LogP contribution in [-0.2, 0) is 6.42 Å². The van der Waals surface area contributed by atoms with Crippen molar-refractivity contribution in [1.82, 2.24) is 15.3 Å². The fraction of sp³-hybridized carbons (Fsp3) is 0.143. The maximum Gasteiger partial charge on any atom is 0.354 e. The van der Waals surface area contributed by atoms with Crippen LogP contribution >= 0.6 is 0 Å². The summed E-state index contributed by atoms with van der Waals surface area (Å²) in [6, 6.07) is 8.06. The summed E-state index contributed by atoms with van der Waals surface area (Å²) < 4.78 is 0. The van der Waals surface area contributed by atoms with Crippen molar-refractivity contribution < 1.29 is 14.7 Å². The molecule has 2 rings (SSSR count). The SMILES string of the molecule is O=C(O)c1cccc(C(=O)NCCc2ccncc2)n1. The number of aromatic nitrogens is 2. The Hall–Kier alpha value is -2.76. The third-order valence-corrected chi connectivity index (χ3v) is 2.65. The van der Waals surface area contributed by atoms with Crippen molar-refractivity contribution >= 4 is 11.9 Å². The first-order valence-electron chi connectivity index (χ1n) is 6.04. The predicted molar refractivity (Wildman–Crippen MR) is 71.5 cm³/mol. The molecule has 0 saturated heterocycles. The molecule has 0 aliphatic rings. The zero-order valence-corrected chi connectivity index (χ0v) is 10.6. The first-order valence-corrected chi connectivity index (χ1v) is 6.04. The number of pyridine rings is 2. The van der Waals surface area contributed by atoms with Crippen LogP contribution in [0.1, 0.15) is 26.5 Å². The van der Waals surface area contributed by atoms with Crippen LogP contribution in [0.25, 0.3) is 0 Å². The Morgan fingerprint density at radius 1 is 1.10 bits per heavy atom. The summed E-state index contributed by atoms with van der Waals surface area (Å²) in [4.78, 5) is 30.3. The van der Waals surface area contributed by atoms with Gasteiger partial charge in [0.15, 0.2) is 0 Å². The van der Waals surface area contributed by atoms with E-state index in [1.807, 2.05) is 12.1 Å². The topological polar surface area (TPSA) is 92.2 Å². The van der Waals surface area contributed by atoms with E-state index in [2.05, 4.69) is 15.3 Å². The minimum atomic E-state index is -1.16. The monoisotopic (exact) mass is 271 g/mol. The Kier molecular flexibility index (Phi) is 4.39. The minimum absolute atomic E-state index is 0.0969. The largest absolute Gasteiger partial charge is 0.477 e. The highest BCUT2D eigenvalue weighted by molar-refractivity contribution is 5.94. The maximum atomic E-state index is 11.8. The zero-order valence-electron chi connectivity index (χ0n) is 10.6. The van der Waals surface area contributed by atoms with E-state index in [4.69, 9.17) is 5.11 Å². The lowest BCUT2D eigenvalue weighted by Gasteiger charge is -2.05. The molecule has 102 valence electrons. The molecule has 0 fully saturated rings. The summed E-state index contributed by atoms with van der Waals surface area (Å²) in [7, 11) is 0. The molecule has 6 nitrogen and oxygen atoms in total. The van der Waals surface area contributed by atoms with E-state index in [1.54, 1.807) is 12.4 Å². The quantitative estimate of drug-likeness (QED) is 0.851. The smallest absolute Gasteiger partial charge is 0.354 e. The van der Waals surface area contributed by atoms with Crippen LogP contribution in [0.2, 0.25) is 0 Å². The second-order valence-corrected chi connectivity index (χ2v) is 4.07. The number of carbonyl (C=O) groups excluding carboxylic acids is 1. The number of carboxylic acids is 1. The molecule has 0 saturated carbocycles. The maximum absolute atomic E-state index is 11.8.